The molecule has 0 aliphatic rings. The Balaban J connectivity index is 2.77. The van der Waals surface area contributed by atoms with E-state index in [1.54, 1.807) is 30.5 Å². The number of carbonyl (C=O) groups is 1. The van der Waals surface area contributed by atoms with E-state index < -0.39 is 0 Å². The van der Waals surface area contributed by atoms with E-state index in [-0.39, 0.29) is 11.9 Å². The lowest BCUT2D eigenvalue weighted by Gasteiger charge is -2.02. The normalized spacial score (nSPS) is 10.6. The average Bonchev–Trinajstić information content (AvgIpc) is 2.35. The molecule has 0 aromatic heterocycles. The monoisotopic (exact) mass is 229 g/mol. The van der Waals surface area contributed by atoms with Crippen molar-refractivity contribution in [2.75, 3.05) is 0 Å². The van der Waals surface area contributed by atoms with Crippen LogP contribution in [-0.2, 0) is 0 Å². The third-order valence-electron chi connectivity index (χ3n) is 1.86. The van der Waals surface area contributed by atoms with E-state index in [0.717, 1.165) is 5.57 Å². The molecule has 0 aliphatic carbocycles. The lowest BCUT2D eigenvalue weighted by Crippen LogP contribution is -2.28. The summed E-state index contributed by atoms with van der Waals surface area (Å²) < 4.78 is 0. The summed E-state index contributed by atoms with van der Waals surface area (Å²) in [5.74, 6) is -0.0565. The van der Waals surface area contributed by atoms with Crippen molar-refractivity contribution in [1.29, 1.82) is 0 Å². The van der Waals surface area contributed by atoms with Gasteiger partial charge < -0.3 is 0 Å². The van der Waals surface area contributed by atoms with Gasteiger partial charge in [0.25, 0.3) is 5.91 Å². The molecule has 1 rings (SSSR count). The molecule has 1 N–H and O–H groups in total. The Labute approximate surface area is 101 Å². The van der Waals surface area contributed by atoms with E-state index in [2.05, 4.69) is 22.0 Å². The van der Waals surface area contributed by atoms with Gasteiger partial charge in [0.2, 0.25) is 5.96 Å². The molecule has 0 bridgehead atoms. The Hall–Kier alpha value is -2.23. The minimum Gasteiger partial charge on any atom is -0.290 e. The maximum atomic E-state index is 11.8. The molecule has 4 heteroatoms. The van der Waals surface area contributed by atoms with Gasteiger partial charge in [-0.1, -0.05) is 23.8 Å². The first-order valence-corrected chi connectivity index (χ1v) is 5.18. The Morgan fingerprint density at radius 3 is 2.47 bits per heavy atom. The fourth-order valence-corrected chi connectivity index (χ4v) is 1.07. The van der Waals surface area contributed by atoms with Crippen molar-refractivity contribution >= 4 is 18.6 Å². The van der Waals surface area contributed by atoms with Gasteiger partial charge in [-0.2, -0.15) is 0 Å². The first kappa shape index (κ1) is 12.8. The van der Waals surface area contributed by atoms with Crippen LogP contribution < -0.4 is 5.32 Å². The van der Waals surface area contributed by atoms with Crippen LogP contribution in [0.4, 0.5) is 0 Å². The number of rotatable bonds is 2. The maximum Gasteiger partial charge on any atom is 0.258 e. The van der Waals surface area contributed by atoms with Crippen LogP contribution in [0.1, 0.15) is 24.2 Å². The van der Waals surface area contributed by atoms with E-state index in [9.17, 15) is 4.79 Å². The Kier molecular flexibility index (Phi) is 4.81. The van der Waals surface area contributed by atoms with Gasteiger partial charge in [-0.3, -0.25) is 10.1 Å². The van der Waals surface area contributed by atoms with E-state index in [0.29, 0.717) is 5.56 Å². The van der Waals surface area contributed by atoms with Crippen LogP contribution in [0, 0.1) is 0 Å². The molecule has 0 heterocycles. The standard InChI is InChI=1S/C13H15N3O/c1-10(2)9-15-13(14-3)16-12(17)11-7-5-4-6-8-11/h4-9H,3H2,1-2H3,(H,15,16,17). The van der Waals surface area contributed by atoms with Crippen LogP contribution in [-0.4, -0.2) is 18.6 Å². The molecule has 1 amide bonds. The molecule has 0 saturated carbocycles. The number of aliphatic imine (C=N–C) groups is 2. The second kappa shape index (κ2) is 6.37. The molecule has 0 fully saturated rings. The number of carbonyl (C=O) groups excluding carboxylic acids is 1. The van der Waals surface area contributed by atoms with Crippen molar-refractivity contribution in [3.8, 4) is 0 Å². The number of amides is 1. The van der Waals surface area contributed by atoms with Gasteiger partial charge in [0.1, 0.15) is 0 Å². The second-order valence-electron chi connectivity index (χ2n) is 3.64. The number of hydrogen-bond donors (Lipinski definition) is 1. The van der Waals surface area contributed by atoms with E-state index in [4.69, 9.17) is 0 Å². The molecular weight excluding hydrogens is 214 g/mol. The van der Waals surface area contributed by atoms with Crippen molar-refractivity contribution in [2.24, 2.45) is 9.98 Å². The van der Waals surface area contributed by atoms with Crippen molar-refractivity contribution in [3.63, 3.8) is 0 Å². The predicted octanol–water partition coefficient (Wildman–Crippen LogP) is 2.40. The maximum absolute atomic E-state index is 11.8. The zero-order valence-electron chi connectivity index (χ0n) is 9.97. The molecule has 0 aliphatic heterocycles. The predicted molar refractivity (Wildman–Crippen MR) is 70.3 cm³/mol. The quantitative estimate of drug-likeness (QED) is 0.614. The number of benzene rings is 1. The van der Waals surface area contributed by atoms with Gasteiger partial charge >= 0.3 is 0 Å². The molecule has 0 atom stereocenters. The highest BCUT2D eigenvalue weighted by atomic mass is 16.1. The van der Waals surface area contributed by atoms with Crippen molar-refractivity contribution in [2.45, 2.75) is 13.8 Å². The third kappa shape index (κ3) is 4.42. The van der Waals surface area contributed by atoms with Crippen LogP contribution in [0.3, 0.4) is 0 Å². The zero-order chi connectivity index (χ0) is 12.7. The molecule has 1 aromatic rings. The molecule has 88 valence electrons. The Morgan fingerprint density at radius 2 is 1.94 bits per heavy atom. The van der Waals surface area contributed by atoms with Crippen molar-refractivity contribution in [1.82, 2.24) is 5.32 Å². The molecular formula is C13H15N3O. The topological polar surface area (TPSA) is 53.8 Å². The summed E-state index contributed by atoms with van der Waals surface area (Å²) in [6.07, 6.45) is 1.62. The van der Waals surface area contributed by atoms with Crippen LogP contribution in [0.15, 0.2) is 52.1 Å². The Bertz CT molecular complexity index is 457. The van der Waals surface area contributed by atoms with E-state index in [1.807, 2.05) is 19.9 Å². The minimum absolute atomic E-state index is 0.194. The lowest BCUT2D eigenvalue weighted by atomic mass is 10.2. The molecule has 4 nitrogen and oxygen atoms in total. The summed E-state index contributed by atoms with van der Waals surface area (Å²) in [4.78, 5) is 19.4. The lowest BCUT2D eigenvalue weighted by molar-refractivity contribution is 0.0976. The summed E-state index contributed by atoms with van der Waals surface area (Å²) in [5.41, 5.74) is 1.57. The zero-order valence-corrected chi connectivity index (χ0v) is 9.97. The Morgan fingerprint density at radius 1 is 1.29 bits per heavy atom. The molecule has 0 spiro atoms. The highest BCUT2D eigenvalue weighted by Crippen LogP contribution is 1.98. The fraction of sp³-hybridized carbons (Fsp3) is 0.154. The number of guanidine groups is 1. The number of nitrogens with zero attached hydrogens (tertiary/aromatic N) is 2. The number of hydrogen-bond acceptors (Lipinski definition) is 2. The fourth-order valence-electron chi connectivity index (χ4n) is 1.07. The molecule has 0 radical (unpaired) electrons. The molecule has 1 aromatic carbocycles. The average molecular weight is 229 g/mol. The van der Waals surface area contributed by atoms with Crippen molar-refractivity contribution in [3.05, 3.63) is 47.7 Å². The summed E-state index contributed by atoms with van der Waals surface area (Å²) in [5, 5.41) is 2.58. The third-order valence-corrected chi connectivity index (χ3v) is 1.86. The van der Waals surface area contributed by atoms with Crippen LogP contribution in [0.5, 0.6) is 0 Å². The summed E-state index contributed by atoms with van der Waals surface area (Å²) in [6, 6.07) is 8.88. The first-order chi connectivity index (χ1) is 8.13. The van der Waals surface area contributed by atoms with Gasteiger partial charge in [-0.05, 0) is 32.7 Å². The van der Waals surface area contributed by atoms with Gasteiger partial charge in [0.05, 0.1) is 0 Å². The first-order valence-electron chi connectivity index (χ1n) is 5.18. The van der Waals surface area contributed by atoms with Crippen LogP contribution in [0.25, 0.3) is 0 Å². The molecule has 17 heavy (non-hydrogen) atoms. The van der Waals surface area contributed by atoms with Crippen LogP contribution >= 0.6 is 0 Å². The number of nitrogens with one attached hydrogen (secondary N) is 1. The highest BCUT2D eigenvalue weighted by molar-refractivity contribution is 6.06. The second-order valence-corrected chi connectivity index (χ2v) is 3.64. The minimum atomic E-state index is -0.251. The SMILES string of the molecule is C=NC(=NC=C(C)C)NC(=O)c1ccccc1. The van der Waals surface area contributed by atoms with E-state index >= 15 is 0 Å². The van der Waals surface area contributed by atoms with Gasteiger partial charge in [0.15, 0.2) is 0 Å². The van der Waals surface area contributed by atoms with Crippen LogP contribution in [0.2, 0.25) is 0 Å². The molecule has 0 saturated heterocycles. The summed E-state index contributed by atoms with van der Waals surface area (Å²) >= 11 is 0. The highest BCUT2D eigenvalue weighted by Gasteiger charge is 2.05. The largest absolute Gasteiger partial charge is 0.290 e. The summed E-state index contributed by atoms with van der Waals surface area (Å²) in [6.45, 7) is 7.17. The van der Waals surface area contributed by atoms with Gasteiger partial charge in [-0.25, -0.2) is 9.98 Å². The van der Waals surface area contributed by atoms with Gasteiger partial charge in [-0.15, -0.1) is 0 Å². The van der Waals surface area contributed by atoms with Gasteiger partial charge in [0, 0.05) is 11.8 Å². The smallest absolute Gasteiger partial charge is 0.258 e. The molecule has 0 unspecified atom stereocenters. The number of allylic oxidation sites excluding steroid dienone is 1. The summed E-state index contributed by atoms with van der Waals surface area (Å²) in [7, 11) is 0. The van der Waals surface area contributed by atoms with E-state index in [1.165, 1.54) is 0 Å². The van der Waals surface area contributed by atoms with Crippen molar-refractivity contribution < 1.29 is 4.79 Å².